The van der Waals surface area contributed by atoms with Crippen LogP contribution in [0.1, 0.15) is 22.8 Å². The number of benzene rings is 3. The number of anilines is 1. The molecule has 5 rings (SSSR count). The van der Waals surface area contributed by atoms with Crippen molar-refractivity contribution in [3.05, 3.63) is 83.9 Å². The largest absolute Gasteiger partial charge is 0.454 e. The average Bonchev–Trinajstić information content (AvgIpc) is 3.31. The van der Waals surface area contributed by atoms with Crippen LogP contribution in [0.15, 0.2) is 77.7 Å². The smallest absolute Gasteiger partial charge is 0.240 e. The summed E-state index contributed by atoms with van der Waals surface area (Å²) in [4.78, 5) is 27.3. The Morgan fingerprint density at radius 2 is 1.71 bits per heavy atom. The molecule has 2 amide bonds. The third kappa shape index (κ3) is 4.59. The normalized spacial score (nSPS) is 18.0. The molecule has 0 saturated heterocycles. The number of nitrogens with one attached hydrogen (secondary N) is 1. The molecule has 8 nitrogen and oxygen atoms in total. The summed E-state index contributed by atoms with van der Waals surface area (Å²) in [6, 6.07) is 20.9. The Kier molecular flexibility index (Phi) is 6.17. The quantitative estimate of drug-likeness (QED) is 0.568. The Bertz CT molecular complexity index is 1370. The number of nitrogens with zero attached hydrogens (tertiary/aromatic N) is 1. The van der Waals surface area contributed by atoms with Gasteiger partial charge in [0.25, 0.3) is 0 Å². The number of carbonyl (C=O) groups excluding carboxylic acids is 2. The molecule has 180 valence electrons. The van der Waals surface area contributed by atoms with Gasteiger partial charge in [-0.1, -0.05) is 48.5 Å². The van der Waals surface area contributed by atoms with Gasteiger partial charge in [0.2, 0.25) is 18.6 Å². The van der Waals surface area contributed by atoms with Crippen molar-refractivity contribution in [1.29, 1.82) is 0 Å². The highest BCUT2D eigenvalue weighted by Gasteiger charge is 2.40. The molecule has 1 atom stereocenters. The number of para-hydroxylation sites is 1. The highest BCUT2D eigenvalue weighted by Crippen LogP contribution is 2.43. The second-order valence-electron chi connectivity index (χ2n) is 8.38. The molecule has 0 bridgehead atoms. The van der Waals surface area contributed by atoms with E-state index in [-0.39, 0.29) is 36.2 Å². The Labute approximate surface area is 203 Å². The van der Waals surface area contributed by atoms with E-state index in [0.29, 0.717) is 30.0 Å². The Balaban J connectivity index is 1.39. The average molecular weight is 493 g/mol. The first-order valence-electron chi connectivity index (χ1n) is 11.3. The number of hydrogen-bond donors (Lipinski definition) is 1. The minimum absolute atomic E-state index is 0.0191. The number of hydrogen-bond acceptors (Lipinski definition) is 6. The van der Waals surface area contributed by atoms with E-state index in [1.165, 1.54) is 11.0 Å². The Morgan fingerprint density at radius 1 is 0.971 bits per heavy atom. The van der Waals surface area contributed by atoms with Gasteiger partial charge in [-0.15, -0.1) is 0 Å². The first-order chi connectivity index (χ1) is 16.9. The minimum Gasteiger partial charge on any atom is -0.454 e. The summed E-state index contributed by atoms with van der Waals surface area (Å²) in [5, 5.41) is 1.72. The third-order valence-electron chi connectivity index (χ3n) is 6.15. The van der Waals surface area contributed by atoms with Crippen LogP contribution in [-0.2, 0) is 25.8 Å². The van der Waals surface area contributed by atoms with Crippen LogP contribution in [0.25, 0.3) is 0 Å². The van der Waals surface area contributed by atoms with Gasteiger partial charge in [-0.2, -0.15) is 0 Å². The molecule has 1 unspecified atom stereocenters. The molecule has 3 aromatic rings. The van der Waals surface area contributed by atoms with Crippen LogP contribution in [-0.4, -0.2) is 40.1 Å². The molecular formula is C26H24N2O6S. The molecule has 0 radical (unpaired) electrons. The van der Waals surface area contributed by atoms with E-state index in [1.807, 2.05) is 30.3 Å². The first kappa shape index (κ1) is 22.9. The number of ether oxygens (including phenoxy) is 2. The van der Waals surface area contributed by atoms with Gasteiger partial charge in [0, 0.05) is 13.0 Å². The minimum atomic E-state index is -3.93. The molecule has 0 fully saturated rings. The maximum Gasteiger partial charge on any atom is 0.240 e. The van der Waals surface area contributed by atoms with Crippen LogP contribution in [0.4, 0.5) is 5.69 Å². The molecule has 2 aliphatic rings. The second kappa shape index (κ2) is 9.42. The van der Waals surface area contributed by atoms with E-state index in [1.54, 1.807) is 36.4 Å². The fourth-order valence-corrected chi connectivity index (χ4v) is 6.27. The van der Waals surface area contributed by atoms with E-state index >= 15 is 0 Å². The van der Waals surface area contributed by atoms with Gasteiger partial charge in [0.15, 0.2) is 21.3 Å². The van der Waals surface area contributed by atoms with Gasteiger partial charge in [0.1, 0.15) is 6.54 Å². The van der Waals surface area contributed by atoms with Crippen molar-refractivity contribution in [2.45, 2.75) is 23.0 Å². The summed E-state index contributed by atoms with van der Waals surface area (Å²) in [6.45, 7) is 0.198. The molecule has 0 saturated carbocycles. The topological polar surface area (TPSA) is 102 Å². The summed E-state index contributed by atoms with van der Waals surface area (Å²) in [7, 11) is -3.93. The zero-order valence-electron chi connectivity index (χ0n) is 18.8. The lowest BCUT2D eigenvalue weighted by molar-refractivity contribution is -0.123. The number of amides is 2. The van der Waals surface area contributed by atoms with Crippen LogP contribution in [0.2, 0.25) is 0 Å². The molecule has 35 heavy (non-hydrogen) atoms. The lowest BCUT2D eigenvalue weighted by atomic mass is 10.1. The fourth-order valence-electron chi connectivity index (χ4n) is 4.36. The molecule has 0 aliphatic carbocycles. The highest BCUT2D eigenvalue weighted by atomic mass is 32.2. The lowest BCUT2D eigenvalue weighted by Crippen LogP contribution is -2.41. The molecule has 1 N–H and O–H groups in total. The van der Waals surface area contributed by atoms with Crippen molar-refractivity contribution in [1.82, 2.24) is 5.32 Å². The van der Waals surface area contributed by atoms with Crippen LogP contribution in [0, 0.1) is 0 Å². The van der Waals surface area contributed by atoms with Crippen molar-refractivity contribution < 1.29 is 27.5 Å². The van der Waals surface area contributed by atoms with E-state index < -0.39 is 21.0 Å². The molecule has 0 spiro atoms. The van der Waals surface area contributed by atoms with Crippen LogP contribution in [0.5, 0.6) is 11.5 Å². The zero-order valence-corrected chi connectivity index (χ0v) is 19.7. The number of fused-ring (bicyclic) bond motifs is 2. The van der Waals surface area contributed by atoms with Gasteiger partial charge >= 0.3 is 0 Å². The Morgan fingerprint density at radius 3 is 2.54 bits per heavy atom. The predicted octanol–water partition coefficient (Wildman–Crippen LogP) is 3.03. The van der Waals surface area contributed by atoms with Crippen molar-refractivity contribution in [3.8, 4) is 11.5 Å². The fraction of sp³-hybridized carbons (Fsp3) is 0.231. The van der Waals surface area contributed by atoms with Gasteiger partial charge in [-0.05, 0) is 41.8 Å². The summed E-state index contributed by atoms with van der Waals surface area (Å²) in [6.07, 6.45) is 0.353. The van der Waals surface area contributed by atoms with Gasteiger partial charge in [-0.25, -0.2) is 8.42 Å². The SMILES string of the molecule is O=C(CN1C(=O)CC(c2ccc3c(c2)OCO3)S(=O)(=O)c2ccccc21)NCCc1ccccc1. The van der Waals surface area contributed by atoms with Crippen molar-refractivity contribution in [2.24, 2.45) is 0 Å². The first-order valence-corrected chi connectivity index (χ1v) is 12.8. The van der Waals surface area contributed by atoms with E-state index in [2.05, 4.69) is 5.32 Å². The van der Waals surface area contributed by atoms with Gasteiger partial charge < -0.3 is 19.7 Å². The van der Waals surface area contributed by atoms with E-state index in [9.17, 15) is 18.0 Å². The predicted molar refractivity (Wildman–Crippen MR) is 129 cm³/mol. The summed E-state index contributed by atoms with van der Waals surface area (Å²) < 4.78 is 38.1. The monoisotopic (exact) mass is 492 g/mol. The molecule has 2 aliphatic heterocycles. The maximum absolute atomic E-state index is 13.7. The van der Waals surface area contributed by atoms with Gasteiger partial charge in [0.05, 0.1) is 15.8 Å². The summed E-state index contributed by atoms with van der Waals surface area (Å²) >= 11 is 0. The van der Waals surface area contributed by atoms with E-state index in [0.717, 1.165) is 5.56 Å². The standard InChI is InChI=1S/C26H24N2O6S/c29-25(27-13-12-18-6-2-1-3-7-18)16-28-20-8-4-5-9-23(20)35(31,32)24(15-26(28)30)19-10-11-21-22(14-19)34-17-33-21/h1-11,14,24H,12-13,15-17H2,(H,27,29). The Hall–Kier alpha value is -3.85. The zero-order chi connectivity index (χ0) is 24.4. The maximum atomic E-state index is 13.7. The van der Waals surface area contributed by atoms with Crippen LogP contribution < -0.4 is 19.7 Å². The summed E-state index contributed by atoms with van der Waals surface area (Å²) in [5.74, 6) is 0.167. The molecule has 0 aromatic heterocycles. The highest BCUT2D eigenvalue weighted by molar-refractivity contribution is 7.92. The molecular weight excluding hydrogens is 468 g/mol. The van der Waals surface area contributed by atoms with Crippen molar-refractivity contribution in [3.63, 3.8) is 0 Å². The van der Waals surface area contributed by atoms with Crippen molar-refractivity contribution in [2.75, 3.05) is 24.8 Å². The second-order valence-corrected chi connectivity index (χ2v) is 10.5. The summed E-state index contributed by atoms with van der Waals surface area (Å²) in [5.41, 5.74) is 1.73. The van der Waals surface area contributed by atoms with E-state index in [4.69, 9.17) is 9.47 Å². The van der Waals surface area contributed by atoms with Crippen molar-refractivity contribution >= 4 is 27.3 Å². The van der Waals surface area contributed by atoms with Crippen LogP contribution >= 0.6 is 0 Å². The molecule has 3 aromatic carbocycles. The molecule has 9 heteroatoms. The third-order valence-corrected chi connectivity index (χ3v) is 8.29. The van der Waals surface area contributed by atoms with Gasteiger partial charge in [-0.3, -0.25) is 9.59 Å². The lowest BCUT2D eigenvalue weighted by Gasteiger charge is -2.21. The number of carbonyl (C=O) groups is 2. The number of rotatable bonds is 6. The number of sulfone groups is 1. The molecule has 2 heterocycles. The van der Waals surface area contributed by atoms with Crippen LogP contribution in [0.3, 0.4) is 0 Å².